The molecule has 3 amide bonds. The van der Waals surface area contributed by atoms with Crippen molar-refractivity contribution in [2.75, 3.05) is 27.3 Å². The fraction of sp³-hybridized carbons (Fsp3) is 0.529. The number of nitrogens with one attached hydrogen (secondary N) is 3. The summed E-state index contributed by atoms with van der Waals surface area (Å²) in [4.78, 5) is 24.7. The highest BCUT2D eigenvalue weighted by molar-refractivity contribution is 5.94. The van der Waals surface area contributed by atoms with Gasteiger partial charge in [-0.2, -0.15) is 0 Å². The van der Waals surface area contributed by atoms with Gasteiger partial charge in [0.2, 0.25) is 0 Å². The average Bonchev–Trinajstić information content (AvgIpc) is 2.52. The molecule has 0 fully saturated rings. The molecule has 1 heterocycles. The number of carbonyl (C=O) groups excluding carboxylic acids is 2. The second-order valence-corrected chi connectivity index (χ2v) is 6.26. The molecule has 1 aromatic rings. The standard InChI is InChI=1S/C17H25N3O4/c1-11(2)18-17(22)19-16(21)10-20-6-5-12-7-14(23-3)15(24-4)8-13(12)9-20/h7-8,11H,5-6,9-10H2,1-4H3,(H2,18,19,21,22)/p+1. The van der Waals surface area contributed by atoms with E-state index in [2.05, 4.69) is 10.6 Å². The Hall–Kier alpha value is -2.28. The van der Waals surface area contributed by atoms with Gasteiger partial charge in [-0.05, 0) is 31.5 Å². The Bertz CT molecular complexity index is 616. The first-order valence-corrected chi connectivity index (χ1v) is 8.10. The summed E-state index contributed by atoms with van der Waals surface area (Å²) in [6.45, 7) is 5.51. The van der Waals surface area contributed by atoms with Gasteiger partial charge in [-0.3, -0.25) is 10.1 Å². The molecule has 0 bridgehead atoms. The maximum Gasteiger partial charge on any atom is 0.321 e. The zero-order valence-corrected chi connectivity index (χ0v) is 14.7. The van der Waals surface area contributed by atoms with Crippen LogP contribution >= 0.6 is 0 Å². The van der Waals surface area contributed by atoms with E-state index in [1.165, 1.54) is 5.56 Å². The summed E-state index contributed by atoms with van der Waals surface area (Å²) in [5, 5.41) is 5.01. The Balaban J connectivity index is 1.97. The number of ether oxygens (including phenoxy) is 2. The van der Waals surface area contributed by atoms with Gasteiger partial charge >= 0.3 is 6.03 Å². The number of methoxy groups -OCH3 is 2. The normalized spacial score (nSPS) is 16.3. The number of imide groups is 1. The van der Waals surface area contributed by atoms with Crippen molar-refractivity contribution in [2.24, 2.45) is 0 Å². The highest BCUT2D eigenvalue weighted by Crippen LogP contribution is 2.31. The van der Waals surface area contributed by atoms with Crippen molar-refractivity contribution in [3.63, 3.8) is 0 Å². The minimum atomic E-state index is -0.446. The van der Waals surface area contributed by atoms with Gasteiger partial charge < -0.3 is 19.7 Å². The summed E-state index contributed by atoms with van der Waals surface area (Å²) >= 11 is 0. The Kier molecular flexibility index (Phi) is 6.03. The predicted octanol–water partition coefficient (Wildman–Crippen LogP) is -0.121. The maximum atomic E-state index is 12.0. The molecule has 0 saturated heterocycles. The Morgan fingerprint density at radius 1 is 1.17 bits per heavy atom. The molecule has 24 heavy (non-hydrogen) atoms. The molecule has 1 unspecified atom stereocenters. The first-order valence-electron chi connectivity index (χ1n) is 8.10. The predicted molar refractivity (Wildman–Crippen MR) is 89.5 cm³/mol. The van der Waals surface area contributed by atoms with Gasteiger partial charge in [0, 0.05) is 18.0 Å². The number of hydrogen-bond donors (Lipinski definition) is 3. The van der Waals surface area contributed by atoms with Crippen LogP contribution in [0.15, 0.2) is 12.1 Å². The molecule has 2 rings (SSSR count). The Labute approximate surface area is 142 Å². The Morgan fingerprint density at radius 2 is 1.79 bits per heavy atom. The first-order chi connectivity index (χ1) is 11.4. The average molecular weight is 336 g/mol. The fourth-order valence-electron chi connectivity index (χ4n) is 2.88. The van der Waals surface area contributed by atoms with E-state index in [1.54, 1.807) is 14.2 Å². The van der Waals surface area contributed by atoms with Crippen LogP contribution in [0.25, 0.3) is 0 Å². The van der Waals surface area contributed by atoms with Gasteiger partial charge in [-0.25, -0.2) is 4.79 Å². The third-order valence-corrected chi connectivity index (χ3v) is 3.98. The molecule has 0 aromatic heterocycles. The Morgan fingerprint density at radius 3 is 2.38 bits per heavy atom. The fourth-order valence-corrected chi connectivity index (χ4v) is 2.88. The number of rotatable bonds is 5. The minimum absolute atomic E-state index is 0.00513. The first kappa shape index (κ1) is 18.1. The molecule has 0 aliphatic carbocycles. The summed E-state index contributed by atoms with van der Waals surface area (Å²) in [5.41, 5.74) is 2.36. The van der Waals surface area contributed by atoms with Crippen LogP contribution in [-0.4, -0.2) is 45.3 Å². The number of carbonyl (C=O) groups is 2. The van der Waals surface area contributed by atoms with Crippen LogP contribution in [0.2, 0.25) is 0 Å². The molecule has 1 aliphatic rings. The van der Waals surface area contributed by atoms with Gasteiger partial charge in [0.25, 0.3) is 5.91 Å². The van der Waals surface area contributed by atoms with E-state index in [1.807, 2.05) is 26.0 Å². The molecule has 1 atom stereocenters. The topological polar surface area (TPSA) is 81.1 Å². The highest BCUT2D eigenvalue weighted by Gasteiger charge is 2.24. The van der Waals surface area contributed by atoms with E-state index < -0.39 is 6.03 Å². The number of urea groups is 1. The molecule has 0 radical (unpaired) electrons. The number of quaternary nitrogens is 1. The van der Waals surface area contributed by atoms with Crippen LogP contribution in [0, 0.1) is 0 Å². The van der Waals surface area contributed by atoms with Crippen molar-refractivity contribution in [1.29, 1.82) is 0 Å². The molecule has 132 valence electrons. The second-order valence-electron chi connectivity index (χ2n) is 6.26. The minimum Gasteiger partial charge on any atom is -0.493 e. The van der Waals surface area contributed by atoms with Crippen LogP contribution in [0.4, 0.5) is 4.79 Å². The van der Waals surface area contributed by atoms with Crippen LogP contribution in [-0.2, 0) is 17.8 Å². The lowest BCUT2D eigenvalue weighted by atomic mass is 9.99. The van der Waals surface area contributed by atoms with E-state index >= 15 is 0 Å². The molecule has 7 nitrogen and oxygen atoms in total. The third kappa shape index (κ3) is 4.61. The van der Waals surface area contributed by atoms with Gasteiger partial charge in [-0.1, -0.05) is 0 Å². The number of fused-ring (bicyclic) bond motifs is 1. The smallest absolute Gasteiger partial charge is 0.321 e. The quantitative estimate of drug-likeness (QED) is 0.700. The number of hydrogen-bond acceptors (Lipinski definition) is 4. The van der Waals surface area contributed by atoms with E-state index in [4.69, 9.17) is 9.47 Å². The van der Waals surface area contributed by atoms with Gasteiger partial charge in [0.15, 0.2) is 18.0 Å². The van der Waals surface area contributed by atoms with Crippen molar-refractivity contribution in [3.05, 3.63) is 23.3 Å². The summed E-state index contributed by atoms with van der Waals surface area (Å²) in [5.74, 6) is 1.15. The molecule has 1 aliphatic heterocycles. The molecule has 0 spiro atoms. The van der Waals surface area contributed by atoms with Gasteiger partial charge in [-0.15, -0.1) is 0 Å². The van der Waals surface area contributed by atoms with Crippen LogP contribution in [0.3, 0.4) is 0 Å². The highest BCUT2D eigenvalue weighted by atomic mass is 16.5. The van der Waals surface area contributed by atoms with Gasteiger partial charge in [0.1, 0.15) is 6.54 Å². The summed E-state index contributed by atoms with van der Waals surface area (Å²) in [6.07, 6.45) is 0.858. The van der Waals surface area contributed by atoms with Crippen LogP contribution in [0.5, 0.6) is 11.5 Å². The summed E-state index contributed by atoms with van der Waals surface area (Å²) in [6, 6.07) is 3.52. The SMILES string of the molecule is COc1cc2c(cc1OC)C[NH+](CC(=O)NC(=O)NC(C)C)CC2. The number of benzene rings is 1. The molecular formula is C17H26N3O4+. The molecule has 3 N–H and O–H groups in total. The third-order valence-electron chi connectivity index (χ3n) is 3.98. The van der Waals surface area contributed by atoms with Crippen molar-refractivity contribution >= 4 is 11.9 Å². The van der Waals surface area contributed by atoms with Crippen molar-refractivity contribution < 1.29 is 24.0 Å². The largest absolute Gasteiger partial charge is 0.493 e. The molecule has 0 saturated carbocycles. The molecular weight excluding hydrogens is 310 g/mol. The zero-order valence-electron chi connectivity index (χ0n) is 14.7. The molecule has 1 aromatic carbocycles. The number of amides is 3. The lowest BCUT2D eigenvalue weighted by Crippen LogP contribution is -3.13. The maximum absolute atomic E-state index is 12.0. The summed E-state index contributed by atoms with van der Waals surface area (Å²) in [7, 11) is 3.23. The lowest BCUT2D eigenvalue weighted by molar-refractivity contribution is -0.908. The summed E-state index contributed by atoms with van der Waals surface area (Å²) < 4.78 is 10.7. The van der Waals surface area contributed by atoms with Gasteiger partial charge in [0.05, 0.1) is 20.8 Å². The second kappa shape index (κ2) is 8.01. The van der Waals surface area contributed by atoms with E-state index in [-0.39, 0.29) is 18.5 Å². The van der Waals surface area contributed by atoms with E-state index in [0.717, 1.165) is 35.7 Å². The van der Waals surface area contributed by atoms with E-state index in [0.29, 0.717) is 5.75 Å². The van der Waals surface area contributed by atoms with E-state index in [9.17, 15) is 9.59 Å². The molecule has 7 heteroatoms. The lowest BCUT2D eigenvalue weighted by Gasteiger charge is -2.26. The van der Waals surface area contributed by atoms with Crippen molar-refractivity contribution in [1.82, 2.24) is 10.6 Å². The zero-order chi connectivity index (χ0) is 17.7. The van der Waals surface area contributed by atoms with Crippen LogP contribution in [0.1, 0.15) is 25.0 Å². The van der Waals surface area contributed by atoms with Crippen LogP contribution < -0.4 is 25.0 Å². The monoisotopic (exact) mass is 336 g/mol. The van der Waals surface area contributed by atoms with Crippen molar-refractivity contribution in [2.45, 2.75) is 32.9 Å². The van der Waals surface area contributed by atoms with Crippen molar-refractivity contribution in [3.8, 4) is 11.5 Å².